The van der Waals surface area contributed by atoms with Crippen molar-refractivity contribution in [2.24, 2.45) is 5.92 Å². The van der Waals surface area contributed by atoms with Crippen LogP contribution in [0.4, 0.5) is 11.4 Å². The lowest BCUT2D eigenvalue weighted by atomic mass is 9.69. The maximum atomic E-state index is 14.2. The van der Waals surface area contributed by atoms with Gasteiger partial charge in [0.2, 0.25) is 5.91 Å². The van der Waals surface area contributed by atoms with E-state index < -0.39 is 16.4 Å². The monoisotopic (exact) mass is 454 g/mol. The van der Waals surface area contributed by atoms with Crippen LogP contribution < -0.4 is 5.32 Å². The molecule has 4 heterocycles. The Morgan fingerprint density at radius 3 is 2.71 bits per heavy atom. The highest BCUT2D eigenvalue weighted by Gasteiger charge is 2.69. The van der Waals surface area contributed by atoms with Gasteiger partial charge in [-0.05, 0) is 43.1 Å². The predicted molar refractivity (Wildman–Crippen MR) is 124 cm³/mol. The quantitative estimate of drug-likeness (QED) is 0.364. The highest BCUT2D eigenvalue weighted by molar-refractivity contribution is 6.12. The summed E-state index contributed by atoms with van der Waals surface area (Å²) >= 11 is 0. The molecule has 170 valence electrons. The van der Waals surface area contributed by atoms with E-state index in [1.807, 2.05) is 30.3 Å². The molecular weight excluding hydrogens is 432 g/mol. The summed E-state index contributed by atoms with van der Waals surface area (Å²) in [6.07, 6.45) is 4.84. The summed E-state index contributed by atoms with van der Waals surface area (Å²) in [6.45, 7) is 0.679. The third-order valence-electron chi connectivity index (χ3n) is 7.62. The SMILES string of the molecule is O=C(c1ccncc1)[C@H]1[C@@H](c2cccc([N+](=O)[O-])c2)[C@@H]2CCCN2[C@@]12C(=O)Nc1ccccc12. The smallest absolute Gasteiger partial charge is 0.269 e. The van der Waals surface area contributed by atoms with E-state index in [4.69, 9.17) is 0 Å². The number of carbonyl (C=O) groups is 2. The molecule has 0 aliphatic carbocycles. The minimum Gasteiger partial charge on any atom is -0.324 e. The van der Waals surface area contributed by atoms with Crippen molar-refractivity contribution in [2.75, 3.05) is 11.9 Å². The van der Waals surface area contributed by atoms with Crippen LogP contribution >= 0.6 is 0 Å². The fourth-order valence-electron chi connectivity index (χ4n) is 6.43. The van der Waals surface area contributed by atoms with Crippen LogP contribution in [0.1, 0.15) is 40.2 Å². The summed E-state index contributed by atoms with van der Waals surface area (Å²) in [5, 5.41) is 14.6. The average Bonchev–Trinajstić information content (AvgIpc) is 3.52. The standard InChI is InChI=1S/C26H22N4O4/c31-24(16-10-12-27-13-11-16)23-22(17-5-3-6-18(15-17)30(33)34)21-9-4-14-29(21)26(23)19-7-1-2-8-20(19)28-25(26)32/h1-3,5-8,10-13,15,21-23H,4,9,14H2,(H,28,32)/t21-,22-,23+,26+/m0/s1. The fourth-order valence-corrected chi connectivity index (χ4v) is 6.43. The van der Waals surface area contributed by atoms with Gasteiger partial charge in [0.25, 0.3) is 5.69 Å². The van der Waals surface area contributed by atoms with E-state index in [0.717, 1.165) is 18.4 Å². The highest BCUT2D eigenvalue weighted by atomic mass is 16.6. The highest BCUT2D eigenvalue weighted by Crippen LogP contribution is 2.61. The number of benzene rings is 2. The van der Waals surface area contributed by atoms with Gasteiger partial charge in [-0.15, -0.1) is 0 Å². The number of anilines is 1. The van der Waals surface area contributed by atoms with Crippen molar-refractivity contribution in [3.8, 4) is 0 Å². The molecule has 4 atom stereocenters. The molecule has 2 aromatic carbocycles. The molecule has 0 saturated carbocycles. The number of rotatable bonds is 4. The second-order valence-corrected chi connectivity index (χ2v) is 9.12. The molecule has 1 amide bonds. The van der Waals surface area contributed by atoms with Crippen molar-refractivity contribution >= 4 is 23.1 Å². The van der Waals surface area contributed by atoms with Crippen LogP contribution in [0, 0.1) is 16.0 Å². The van der Waals surface area contributed by atoms with E-state index in [2.05, 4.69) is 15.2 Å². The number of para-hydroxylation sites is 1. The molecule has 34 heavy (non-hydrogen) atoms. The summed E-state index contributed by atoms with van der Waals surface area (Å²) < 4.78 is 0. The number of fused-ring (bicyclic) bond motifs is 4. The van der Waals surface area contributed by atoms with Crippen molar-refractivity contribution < 1.29 is 14.5 Å². The normalized spacial score (nSPS) is 27.4. The van der Waals surface area contributed by atoms with Crippen molar-refractivity contribution in [1.82, 2.24) is 9.88 Å². The van der Waals surface area contributed by atoms with Crippen LogP contribution in [0.15, 0.2) is 73.1 Å². The van der Waals surface area contributed by atoms with Gasteiger partial charge in [0.15, 0.2) is 5.78 Å². The topological polar surface area (TPSA) is 105 Å². The summed E-state index contributed by atoms with van der Waals surface area (Å²) in [7, 11) is 0. The minimum absolute atomic E-state index is 0.0191. The minimum atomic E-state index is -1.17. The second kappa shape index (κ2) is 7.56. The summed E-state index contributed by atoms with van der Waals surface area (Å²) in [5.74, 6) is -1.48. The van der Waals surface area contributed by atoms with Gasteiger partial charge >= 0.3 is 0 Å². The van der Waals surface area contributed by atoms with Crippen molar-refractivity contribution in [2.45, 2.75) is 30.3 Å². The molecular formula is C26H22N4O4. The Balaban J connectivity index is 1.62. The molecule has 3 aliphatic rings. The molecule has 1 spiro atoms. The predicted octanol–water partition coefficient (Wildman–Crippen LogP) is 3.90. The number of hydrogen-bond acceptors (Lipinski definition) is 6. The number of Topliss-reactive ketones (excluding diaryl/α,β-unsaturated/α-hetero) is 1. The number of pyridine rings is 1. The maximum Gasteiger partial charge on any atom is 0.269 e. The Labute approximate surface area is 195 Å². The summed E-state index contributed by atoms with van der Waals surface area (Å²) in [6, 6.07) is 17.3. The number of nitrogens with one attached hydrogen (secondary N) is 1. The molecule has 0 radical (unpaired) electrons. The molecule has 6 rings (SSSR count). The molecule has 1 N–H and O–H groups in total. The number of non-ortho nitro benzene ring substituents is 1. The van der Waals surface area contributed by atoms with Crippen LogP contribution in [-0.4, -0.2) is 39.1 Å². The van der Waals surface area contributed by atoms with E-state index in [1.165, 1.54) is 6.07 Å². The van der Waals surface area contributed by atoms with Crippen LogP contribution in [0.2, 0.25) is 0 Å². The zero-order valence-electron chi connectivity index (χ0n) is 18.3. The molecule has 3 aliphatic heterocycles. The fraction of sp³-hybridized carbons (Fsp3) is 0.269. The zero-order valence-corrected chi connectivity index (χ0v) is 18.3. The first-order valence-corrected chi connectivity index (χ1v) is 11.4. The van der Waals surface area contributed by atoms with E-state index in [9.17, 15) is 19.7 Å². The maximum absolute atomic E-state index is 14.2. The Morgan fingerprint density at radius 1 is 1.12 bits per heavy atom. The van der Waals surface area contributed by atoms with Crippen molar-refractivity contribution in [3.63, 3.8) is 0 Å². The van der Waals surface area contributed by atoms with Crippen LogP contribution in [0.3, 0.4) is 0 Å². The van der Waals surface area contributed by atoms with E-state index in [-0.39, 0.29) is 29.3 Å². The number of carbonyl (C=O) groups excluding carboxylic acids is 2. The number of ketones is 1. The number of nitro benzene ring substituents is 1. The van der Waals surface area contributed by atoms with E-state index in [0.29, 0.717) is 23.4 Å². The molecule has 1 aromatic heterocycles. The first-order chi connectivity index (χ1) is 16.5. The van der Waals surface area contributed by atoms with Gasteiger partial charge < -0.3 is 5.32 Å². The number of amides is 1. The molecule has 0 unspecified atom stereocenters. The van der Waals surface area contributed by atoms with Crippen molar-refractivity contribution in [3.05, 3.63) is 99.9 Å². The third kappa shape index (κ3) is 2.72. The summed E-state index contributed by atoms with van der Waals surface area (Å²) in [4.78, 5) is 45.5. The Morgan fingerprint density at radius 2 is 1.91 bits per heavy atom. The zero-order chi connectivity index (χ0) is 23.4. The number of nitrogens with zero attached hydrogens (tertiary/aromatic N) is 3. The van der Waals surface area contributed by atoms with E-state index in [1.54, 1.807) is 36.7 Å². The molecule has 8 nitrogen and oxygen atoms in total. The first kappa shape index (κ1) is 20.7. The Bertz CT molecular complexity index is 1330. The number of aromatic nitrogens is 1. The number of hydrogen-bond donors (Lipinski definition) is 1. The molecule has 2 saturated heterocycles. The molecule has 0 bridgehead atoms. The lowest BCUT2D eigenvalue weighted by molar-refractivity contribution is -0.384. The number of nitro groups is 1. The lowest BCUT2D eigenvalue weighted by Crippen LogP contribution is -2.52. The molecule has 3 aromatic rings. The van der Waals surface area contributed by atoms with Gasteiger partial charge in [-0.2, -0.15) is 0 Å². The van der Waals surface area contributed by atoms with Crippen LogP contribution in [-0.2, 0) is 10.3 Å². The van der Waals surface area contributed by atoms with Crippen LogP contribution in [0.5, 0.6) is 0 Å². The largest absolute Gasteiger partial charge is 0.324 e. The lowest BCUT2D eigenvalue weighted by Gasteiger charge is -2.36. The van der Waals surface area contributed by atoms with Crippen molar-refractivity contribution in [1.29, 1.82) is 0 Å². The van der Waals surface area contributed by atoms with Gasteiger partial charge in [-0.1, -0.05) is 30.3 Å². The van der Waals surface area contributed by atoms with Gasteiger partial charge in [0, 0.05) is 53.3 Å². The first-order valence-electron chi connectivity index (χ1n) is 11.4. The van der Waals surface area contributed by atoms with Gasteiger partial charge in [0.05, 0.1) is 10.8 Å². The third-order valence-corrected chi connectivity index (χ3v) is 7.62. The summed E-state index contributed by atoms with van der Waals surface area (Å²) in [5.41, 5.74) is 1.51. The van der Waals surface area contributed by atoms with Gasteiger partial charge in [-0.25, -0.2) is 0 Å². The van der Waals surface area contributed by atoms with E-state index >= 15 is 0 Å². The van der Waals surface area contributed by atoms with Gasteiger partial charge in [0.1, 0.15) is 5.54 Å². The second-order valence-electron chi connectivity index (χ2n) is 9.12. The molecule has 2 fully saturated rings. The Hall–Kier alpha value is -3.91. The average molecular weight is 454 g/mol. The molecule has 8 heteroatoms. The Kier molecular flexibility index (Phi) is 4.60. The van der Waals surface area contributed by atoms with Crippen LogP contribution in [0.25, 0.3) is 0 Å². The van der Waals surface area contributed by atoms with Gasteiger partial charge in [-0.3, -0.25) is 29.6 Å².